The summed E-state index contributed by atoms with van der Waals surface area (Å²) < 4.78 is 232. The van der Waals surface area contributed by atoms with Crippen molar-refractivity contribution < 1.29 is 132 Å². The first-order valence-corrected chi connectivity index (χ1v) is 18.5. The highest BCUT2D eigenvalue weighted by Crippen LogP contribution is 2.44. The van der Waals surface area contributed by atoms with Gasteiger partial charge in [0, 0.05) is 0 Å². The summed E-state index contributed by atoms with van der Waals surface area (Å²) in [5, 5.41) is 17.0. The van der Waals surface area contributed by atoms with Gasteiger partial charge in [0.2, 0.25) is 0 Å². The summed E-state index contributed by atoms with van der Waals surface area (Å²) in [7, 11) is 0. The molecule has 0 bridgehead atoms. The standard InChI is InChI=1S/C17H12F9NO5.C11H9NO4.C6H5F9O2.CH2Cl2/c1-8(27-11(28)9-4-2-3-5-10(9)12(27)29)13(30)31-7-14(18,17(24,25)26)32-16(22,23)6-15(19,20)21;1-6(11(15)16)12-9(13)7-4-2-3-5-8(7)10(12)14;7-3(2-16,6(13,14)15)17-5(11,12)1-4(8,9)10;2-1-3/h2-5,8H,6-7H2,1H3;2-6H,1H3,(H,15,16);16H,1-2H2;1H2. The summed E-state index contributed by atoms with van der Waals surface area (Å²) in [6.45, 7) is -3.10. The summed E-state index contributed by atoms with van der Waals surface area (Å²) >= 11 is 9.53. The van der Waals surface area contributed by atoms with Crippen LogP contribution < -0.4 is 0 Å². The number of carbonyl (C=O) groups excluding carboxylic acids is 5. The van der Waals surface area contributed by atoms with Crippen LogP contribution in [0.15, 0.2) is 48.5 Å². The number of nitrogens with zero attached hydrogens (tertiary/aromatic N) is 2. The summed E-state index contributed by atoms with van der Waals surface area (Å²) in [5.74, 6) is -17.0. The van der Waals surface area contributed by atoms with Gasteiger partial charge < -0.3 is 14.9 Å². The second kappa shape index (κ2) is 22.5. The average Bonchev–Trinajstić information content (AvgIpc) is 3.57. The number of aliphatic hydroxyl groups excluding tert-OH is 1. The number of aliphatic carboxylic acids is 1. The van der Waals surface area contributed by atoms with E-state index in [0.717, 1.165) is 11.8 Å². The van der Waals surface area contributed by atoms with E-state index in [9.17, 15) is 108 Å². The molecule has 68 heavy (non-hydrogen) atoms. The number of aliphatic hydroxyl groups is 1. The lowest BCUT2D eigenvalue weighted by atomic mass is 10.1. The van der Waals surface area contributed by atoms with Gasteiger partial charge in [-0.05, 0) is 38.1 Å². The number of esters is 1. The number of imide groups is 2. The summed E-state index contributed by atoms with van der Waals surface area (Å²) in [6, 6.07) is 8.39. The molecule has 2 heterocycles. The second-order valence-electron chi connectivity index (χ2n) is 13.1. The van der Waals surface area contributed by atoms with E-state index in [1.165, 1.54) is 43.3 Å². The van der Waals surface area contributed by atoms with Crippen LogP contribution in [0, 0.1) is 0 Å². The molecule has 0 radical (unpaired) electrons. The smallest absolute Gasteiger partial charge is 0.452 e. The Hall–Kier alpha value is -5.14. The van der Waals surface area contributed by atoms with Gasteiger partial charge in [0.15, 0.2) is 6.61 Å². The van der Waals surface area contributed by atoms with Gasteiger partial charge in [0.25, 0.3) is 23.6 Å². The predicted molar refractivity (Wildman–Crippen MR) is 188 cm³/mol. The molecule has 0 aromatic heterocycles. The van der Waals surface area contributed by atoms with Gasteiger partial charge in [-0.3, -0.25) is 38.5 Å². The first-order valence-electron chi connectivity index (χ1n) is 17.4. The van der Waals surface area contributed by atoms with E-state index < -0.39 is 122 Å². The Morgan fingerprint density at radius 2 is 0.838 bits per heavy atom. The first-order chi connectivity index (χ1) is 30.6. The van der Waals surface area contributed by atoms with Crippen LogP contribution >= 0.6 is 23.2 Å². The molecule has 13 nitrogen and oxygen atoms in total. The third kappa shape index (κ3) is 16.2. The van der Waals surface area contributed by atoms with E-state index in [0.29, 0.717) is 0 Å². The van der Waals surface area contributed by atoms with E-state index >= 15 is 0 Å². The molecule has 33 heteroatoms. The summed E-state index contributed by atoms with van der Waals surface area (Å²) in [4.78, 5) is 71.9. The highest BCUT2D eigenvalue weighted by molar-refractivity contribution is 6.40. The number of rotatable bonds is 13. The number of hydrogen-bond donors (Lipinski definition) is 2. The van der Waals surface area contributed by atoms with Crippen LogP contribution in [0.3, 0.4) is 0 Å². The fourth-order valence-electron chi connectivity index (χ4n) is 4.98. The molecule has 0 saturated heterocycles. The van der Waals surface area contributed by atoms with E-state index in [-0.39, 0.29) is 32.5 Å². The van der Waals surface area contributed by atoms with Crippen molar-refractivity contribution >= 4 is 58.8 Å². The Morgan fingerprint density at radius 3 is 1.09 bits per heavy atom. The molecule has 0 saturated carbocycles. The zero-order chi connectivity index (χ0) is 53.4. The Bertz CT molecular complexity index is 2070. The summed E-state index contributed by atoms with van der Waals surface area (Å²) in [5.41, 5.74) is 0.228. The minimum atomic E-state index is -6.35. The van der Waals surface area contributed by atoms with E-state index in [1.807, 2.05) is 0 Å². The molecule has 2 N–H and O–H groups in total. The fourth-order valence-corrected chi connectivity index (χ4v) is 4.98. The minimum absolute atomic E-state index is 0.151. The predicted octanol–water partition coefficient (Wildman–Crippen LogP) is 8.95. The third-order valence-corrected chi connectivity index (χ3v) is 8.01. The molecule has 2 aromatic carbocycles. The van der Waals surface area contributed by atoms with Crippen molar-refractivity contribution in [3.8, 4) is 0 Å². The lowest BCUT2D eigenvalue weighted by Gasteiger charge is -2.32. The van der Waals surface area contributed by atoms with Crippen LogP contribution in [0.1, 0.15) is 68.1 Å². The number of hydrogen-bond acceptors (Lipinski definition) is 10. The van der Waals surface area contributed by atoms with Gasteiger partial charge >= 0.3 is 60.6 Å². The maximum absolute atomic E-state index is 14.1. The average molecular weight is 1070 g/mol. The molecule has 2 aliphatic rings. The van der Waals surface area contributed by atoms with Crippen molar-refractivity contribution in [1.82, 2.24) is 9.80 Å². The number of fused-ring (bicyclic) bond motifs is 2. The van der Waals surface area contributed by atoms with Gasteiger partial charge in [-0.1, -0.05) is 24.3 Å². The summed E-state index contributed by atoms with van der Waals surface area (Å²) in [6.07, 6.45) is -41.2. The number of carbonyl (C=O) groups is 6. The highest BCUT2D eigenvalue weighted by Gasteiger charge is 2.65. The minimum Gasteiger partial charge on any atom is -0.480 e. The molecule has 2 aromatic rings. The van der Waals surface area contributed by atoms with Crippen molar-refractivity contribution in [3.05, 3.63) is 70.8 Å². The van der Waals surface area contributed by atoms with Crippen molar-refractivity contribution in [2.45, 2.75) is 87.4 Å². The lowest BCUT2D eigenvalue weighted by Crippen LogP contribution is -2.53. The molecule has 4 atom stereocenters. The van der Waals surface area contributed by atoms with Crippen LogP contribution in [0.4, 0.5) is 79.0 Å². The molecule has 384 valence electrons. The van der Waals surface area contributed by atoms with E-state index in [1.54, 1.807) is 12.1 Å². The molecular weight excluding hydrogens is 1040 g/mol. The van der Waals surface area contributed by atoms with Crippen molar-refractivity contribution in [3.63, 3.8) is 0 Å². The van der Waals surface area contributed by atoms with E-state index in [4.69, 9.17) is 33.4 Å². The molecule has 4 unspecified atom stereocenters. The van der Waals surface area contributed by atoms with Gasteiger partial charge in [-0.2, -0.15) is 79.0 Å². The van der Waals surface area contributed by atoms with Crippen LogP contribution in [-0.4, -0.2) is 135 Å². The molecule has 0 spiro atoms. The van der Waals surface area contributed by atoms with Gasteiger partial charge in [-0.25, -0.2) is 9.59 Å². The Labute approximate surface area is 377 Å². The number of benzene rings is 2. The first kappa shape index (κ1) is 60.9. The Balaban J connectivity index is 0.000000540. The molecular formula is C35H28Cl2F18N2O11. The van der Waals surface area contributed by atoms with Gasteiger partial charge in [0.05, 0.1) is 27.6 Å². The van der Waals surface area contributed by atoms with Gasteiger partial charge in [0.1, 0.15) is 31.5 Å². The van der Waals surface area contributed by atoms with Crippen LogP contribution in [0.5, 0.6) is 0 Å². The molecule has 0 aliphatic carbocycles. The topological polar surface area (TPSA) is 177 Å². The van der Waals surface area contributed by atoms with E-state index in [2.05, 4.69) is 14.2 Å². The third-order valence-electron chi connectivity index (χ3n) is 8.01. The van der Waals surface area contributed by atoms with Gasteiger partial charge in [-0.15, -0.1) is 23.2 Å². The largest absolute Gasteiger partial charge is 0.480 e. The highest BCUT2D eigenvalue weighted by atomic mass is 35.5. The van der Waals surface area contributed by atoms with Crippen LogP contribution in [0.2, 0.25) is 0 Å². The van der Waals surface area contributed by atoms with Crippen molar-refractivity contribution in [2.24, 2.45) is 0 Å². The quantitative estimate of drug-likeness (QED) is 0.0848. The van der Waals surface area contributed by atoms with Crippen LogP contribution in [0.25, 0.3) is 0 Å². The zero-order valence-corrected chi connectivity index (χ0v) is 34.8. The number of carboxylic acid groups (broad SMARTS) is 1. The number of amides is 4. The second-order valence-corrected chi connectivity index (χ2v) is 13.9. The molecule has 0 fully saturated rings. The van der Waals surface area contributed by atoms with Crippen molar-refractivity contribution in [1.29, 1.82) is 0 Å². The number of carboxylic acids is 1. The Kier molecular flexibility index (Phi) is 20.2. The monoisotopic (exact) mass is 1060 g/mol. The number of alkyl halides is 20. The molecule has 4 amide bonds. The zero-order valence-electron chi connectivity index (χ0n) is 33.3. The fraction of sp³-hybridized carbons (Fsp3) is 0.486. The van der Waals surface area contributed by atoms with Crippen LogP contribution in [-0.2, 0) is 23.8 Å². The SMILES string of the molecule is CC(C(=O)O)N1C(=O)c2ccccc2C1=O.CC(C(=O)OCC(F)(OC(F)(F)CC(F)(F)F)C(F)(F)F)N1C(=O)c2ccccc2C1=O.ClCCl.OCC(F)(OC(F)(F)CC(F)(F)F)C(F)(F)F. The number of ether oxygens (including phenoxy) is 3. The normalized spacial score (nSPS) is 16.9. The Morgan fingerprint density at radius 1 is 0.559 bits per heavy atom. The molecule has 2 aliphatic heterocycles. The van der Waals surface area contributed by atoms with Crippen molar-refractivity contribution in [2.75, 3.05) is 18.6 Å². The maximum Gasteiger partial charge on any atom is 0.452 e. The molecule has 4 rings (SSSR count). The lowest BCUT2D eigenvalue weighted by molar-refractivity contribution is -0.428. The maximum atomic E-state index is 14.1. The number of halogens is 20.